The van der Waals surface area contributed by atoms with Gasteiger partial charge in [-0.1, -0.05) is 11.2 Å². The van der Waals surface area contributed by atoms with Crippen LogP contribution in [0.5, 0.6) is 0 Å². The SMILES string of the molecule is Cc1nc(N2CCc3ccc(C(F)(F)F)cc3C2)nc(C)c1NC(=O)OCc1cnoc1. The normalized spacial score (nSPS) is 13.6. The number of aryl methyl sites for hydroxylation is 2. The number of carbonyl (C=O) groups excluding carboxylic acids is 1. The highest BCUT2D eigenvalue weighted by Gasteiger charge is 2.32. The van der Waals surface area contributed by atoms with E-state index in [0.717, 1.165) is 11.6 Å². The first-order valence-corrected chi connectivity index (χ1v) is 9.82. The first-order chi connectivity index (χ1) is 15.2. The molecule has 1 aliphatic rings. The van der Waals surface area contributed by atoms with Crippen molar-refractivity contribution < 1.29 is 27.2 Å². The number of ether oxygens (including phenoxy) is 1. The lowest BCUT2D eigenvalue weighted by molar-refractivity contribution is -0.137. The van der Waals surface area contributed by atoms with Gasteiger partial charge in [0.25, 0.3) is 0 Å². The summed E-state index contributed by atoms with van der Waals surface area (Å²) in [7, 11) is 0. The molecule has 0 saturated carbocycles. The molecule has 1 aromatic carbocycles. The van der Waals surface area contributed by atoms with Crippen LogP contribution in [0.2, 0.25) is 0 Å². The van der Waals surface area contributed by atoms with Gasteiger partial charge in [0.05, 0.1) is 28.8 Å². The summed E-state index contributed by atoms with van der Waals surface area (Å²) in [6, 6.07) is 3.83. The van der Waals surface area contributed by atoms with Gasteiger partial charge < -0.3 is 14.2 Å². The molecule has 1 N–H and O–H groups in total. The van der Waals surface area contributed by atoms with E-state index in [-0.39, 0.29) is 13.2 Å². The lowest BCUT2D eigenvalue weighted by atomic mass is 9.97. The maximum Gasteiger partial charge on any atom is 0.416 e. The number of benzene rings is 1. The molecule has 32 heavy (non-hydrogen) atoms. The Balaban J connectivity index is 1.48. The highest BCUT2D eigenvalue weighted by molar-refractivity contribution is 5.86. The molecule has 0 atom stereocenters. The topological polar surface area (TPSA) is 93.4 Å². The van der Waals surface area contributed by atoms with Crippen LogP contribution in [0.3, 0.4) is 0 Å². The zero-order valence-electron chi connectivity index (χ0n) is 17.4. The van der Waals surface area contributed by atoms with Crippen molar-refractivity contribution in [2.24, 2.45) is 0 Å². The fraction of sp³-hybridized carbons (Fsp3) is 0.333. The minimum absolute atomic E-state index is 0.000526. The Kier molecular flexibility index (Phi) is 5.72. The molecule has 3 heterocycles. The van der Waals surface area contributed by atoms with E-state index in [9.17, 15) is 18.0 Å². The van der Waals surface area contributed by atoms with Crippen LogP contribution >= 0.6 is 0 Å². The zero-order valence-corrected chi connectivity index (χ0v) is 17.4. The average Bonchev–Trinajstić information content (AvgIpc) is 3.27. The molecule has 2 aromatic heterocycles. The van der Waals surface area contributed by atoms with Gasteiger partial charge in [0.2, 0.25) is 5.95 Å². The lowest BCUT2D eigenvalue weighted by Gasteiger charge is -2.30. The quantitative estimate of drug-likeness (QED) is 0.633. The van der Waals surface area contributed by atoms with Crippen molar-refractivity contribution in [3.05, 3.63) is 64.3 Å². The van der Waals surface area contributed by atoms with Crippen LogP contribution in [0.1, 0.15) is 33.6 Å². The summed E-state index contributed by atoms with van der Waals surface area (Å²) in [5.74, 6) is 0.395. The molecule has 1 amide bonds. The van der Waals surface area contributed by atoms with E-state index in [1.807, 2.05) is 4.90 Å². The largest absolute Gasteiger partial charge is 0.444 e. The minimum atomic E-state index is -4.39. The number of aromatic nitrogens is 3. The predicted molar refractivity (Wildman–Crippen MR) is 108 cm³/mol. The van der Waals surface area contributed by atoms with E-state index in [0.29, 0.717) is 47.1 Å². The Morgan fingerprint density at radius 3 is 2.62 bits per heavy atom. The molecular weight excluding hydrogens is 427 g/mol. The van der Waals surface area contributed by atoms with Gasteiger partial charge in [-0.05, 0) is 43.5 Å². The van der Waals surface area contributed by atoms with E-state index in [1.165, 1.54) is 24.6 Å². The van der Waals surface area contributed by atoms with Crippen LogP contribution in [0.25, 0.3) is 0 Å². The maximum absolute atomic E-state index is 13.1. The van der Waals surface area contributed by atoms with Gasteiger partial charge in [-0.2, -0.15) is 13.2 Å². The molecule has 0 spiro atoms. The molecule has 0 bridgehead atoms. The number of halogens is 3. The smallest absolute Gasteiger partial charge is 0.416 e. The molecule has 168 valence electrons. The van der Waals surface area contributed by atoms with E-state index in [4.69, 9.17) is 4.74 Å². The van der Waals surface area contributed by atoms with Crippen molar-refractivity contribution in [3.8, 4) is 0 Å². The number of nitrogens with zero attached hydrogens (tertiary/aromatic N) is 4. The molecule has 0 unspecified atom stereocenters. The fourth-order valence-electron chi connectivity index (χ4n) is 3.51. The van der Waals surface area contributed by atoms with Crippen molar-refractivity contribution >= 4 is 17.7 Å². The Labute approximate surface area is 181 Å². The monoisotopic (exact) mass is 447 g/mol. The Hall–Kier alpha value is -3.63. The van der Waals surface area contributed by atoms with Gasteiger partial charge in [0.1, 0.15) is 12.9 Å². The van der Waals surface area contributed by atoms with Gasteiger partial charge in [0, 0.05) is 18.7 Å². The Morgan fingerprint density at radius 1 is 1.22 bits per heavy atom. The predicted octanol–water partition coefficient (Wildman–Crippen LogP) is 4.41. The number of amides is 1. The molecular formula is C21H20F3N5O3. The standard InChI is InChI=1S/C21H20F3N5O3/c1-12-18(28-20(30)31-10-14-8-25-32-11-14)13(2)27-19(26-12)29-6-5-15-3-4-17(21(22,23)24)7-16(15)9-29/h3-4,7-8,11H,5-6,9-10H2,1-2H3,(H,28,30). The van der Waals surface area contributed by atoms with E-state index in [1.54, 1.807) is 13.8 Å². The fourth-order valence-corrected chi connectivity index (χ4v) is 3.51. The lowest BCUT2D eigenvalue weighted by Crippen LogP contribution is -2.32. The zero-order chi connectivity index (χ0) is 22.9. The molecule has 1 aliphatic heterocycles. The van der Waals surface area contributed by atoms with Crippen LogP contribution in [-0.2, 0) is 30.5 Å². The summed E-state index contributed by atoms with van der Waals surface area (Å²) in [4.78, 5) is 22.9. The average molecular weight is 447 g/mol. The summed E-state index contributed by atoms with van der Waals surface area (Å²) in [6.45, 7) is 4.27. The third kappa shape index (κ3) is 4.66. The molecule has 0 saturated heterocycles. The van der Waals surface area contributed by atoms with Crippen LogP contribution < -0.4 is 10.2 Å². The highest BCUT2D eigenvalue weighted by atomic mass is 19.4. The van der Waals surface area contributed by atoms with Gasteiger partial charge in [-0.25, -0.2) is 14.8 Å². The number of anilines is 2. The first kappa shape index (κ1) is 21.6. The second kappa shape index (κ2) is 8.48. The molecule has 11 heteroatoms. The van der Waals surface area contributed by atoms with Gasteiger partial charge in [0.15, 0.2) is 0 Å². The number of rotatable bonds is 4. The van der Waals surface area contributed by atoms with Crippen LogP contribution in [0.4, 0.5) is 29.6 Å². The Morgan fingerprint density at radius 2 is 1.97 bits per heavy atom. The van der Waals surface area contributed by atoms with Crippen molar-refractivity contribution in [2.75, 3.05) is 16.8 Å². The van der Waals surface area contributed by atoms with Gasteiger partial charge in [-0.3, -0.25) is 5.32 Å². The molecule has 0 aliphatic carbocycles. The van der Waals surface area contributed by atoms with E-state index < -0.39 is 17.8 Å². The number of hydrogen-bond acceptors (Lipinski definition) is 7. The second-order valence-corrected chi connectivity index (χ2v) is 7.46. The third-order valence-corrected chi connectivity index (χ3v) is 5.17. The summed E-state index contributed by atoms with van der Waals surface area (Å²) in [5.41, 5.74) is 2.88. The Bertz CT molecular complexity index is 1110. The molecule has 0 radical (unpaired) electrons. The van der Waals surface area contributed by atoms with Gasteiger partial charge in [-0.15, -0.1) is 0 Å². The highest BCUT2D eigenvalue weighted by Crippen LogP contribution is 2.33. The molecule has 3 aromatic rings. The van der Waals surface area contributed by atoms with Crippen molar-refractivity contribution in [3.63, 3.8) is 0 Å². The number of alkyl halides is 3. The molecule has 8 nitrogen and oxygen atoms in total. The van der Waals surface area contributed by atoms with Crippen molar-refractivity contribution in [1.29, 1.82) is 0 Å². The van der Waals surface area contributed by atoms with Crippen LogP contribution in [-0.4, -0.2) is 27.8 Å². The number of fused-ring (bicyclic) bond motifs is 1. The van der Waals surface area contributed by atoms with E-state index in [2.05, 4.69) is 25.0 Å². The number of hydrogen-bond donors (Lipinski definition) is 1. The van der Waals surface area contributed by atoms with Gasteiger partial charge >= 0.3 is 12.3 Å². The summed E-state index contributed by atoms with van der Waals surface area (Å²) < 4.78 is 49.0. The molecule has 0 fully saturated rings. The van der Waals surface area contributed by atoms with E-state index >= 15 is 0 Å². The van der Waals surface area contributed by atoms with Crippen molar-refractivity contribution in [2.45, 2.75) is 39.6 Å². The summed E-state index contributed by atoms with van der Waals surface area (Å²) in [5, 5.41) is 6.16. The summed E-state index contributed by atoms with van der Waals surface area (Å²) >= 11 is 0. The minimum Gasteiger partial charge on any atom is -0.444 e. The first-order valence-electron chi connectivity index (χ1n) is 9.82. The maximum atomic E-state index is 13.1. The number of nitrogens with one attached hydrogen (secondary N) is 1. The third-order valence-electron chi connectivity index (χ3n) is 5.17. The second-order valence-electron chi connectivity index (χ2n) is 7.46. The van der Waals surface area contributed by atoms with Crippen LogP contribution in [0.15, 0.2) is 35.2 Å². The molecule has 4 rings (SSSR count). The number of carbonyl (C=O) groups is 1. The summed E-state index contributed by atoms with van der Waals surface area (Å²) in [6.07, 6.45) is -1.67. The van der Waals surface area contributed by atoms with Crippen LogP contribution in [0, 0.1) is 13.8 Å². The van der Waals surface area contributed by atoms with Crippen molar-refractivity contribution in [1.82, 2.24) is 15.1 Å².